The molecule has 0 unspecified atom stereocenters. The van der Waals surface area contributed by atoms with E-state index >= 15 is 4.39 Å². The van der Waals surface area contributed by atoms with Crippen LogP contribution < -0.4 is 20.1 Å². The first-order valence-electron chi connectivity index (χ1n) is 10.6. The predicted octanol–water partition coefficient (Wildman–Crippen LogP) is 3.40. The number of piperazine rings is 1. The summed E-state index contributed by atoms with van der Waals surface area (Å²) < 4.78 is 21.2. The highest BCUT2D eigenvalue weighted by Crippen LogP contribution is 2.44. The van der Waals surface area contributed by atoms with Gasteiger partial charge in [-0.1, -0.05) is 6.07 Å². The third kappa shape index (κ3) is 3.53. The second-order valence-corrected chi connectivity index (χ2v) is 8.24. The first-order valence-corrected chi connectivity index (χ1v) is 10.6. The number of aryl methyl sites for hydroxylation is 1. The molecule has 9 heteroatoms. The van der Waals surface area contributed by atoms with Gasteiger partial charge in [-0.2, -0.15) is 0 Å². The number of anilines is 2. The Balaban J connectivity index is 1.54. The average molecular weight is 438 g/mol. The van der Waals surface area contributed by atoms with E-state index in [4.69, 9.17) is 9.84 Å². The Kier molecular flexibility index (Phi) is 4.96. The zero-order valence-electron chi connectivity index (χ0n) is 17.6. The highest BCUT2D eigenvalue weighted by atomic mass is 19.1. The van der Waals surface area contributed by atoms with Crippen LogP contribution in [0.3, 0.4) is 0 Å². The summed E-state index contributed by atoms with van der Waals surface area (Å²) in [5.41, 5.74) is 1.95. The summed E-state index contributed by atoms with van der Waals surface area (Å²) in [6, 6.07) is 7.29. The SMILES string of the molecule is Cc1c(N2CCN(c3ccccn3)CC2)c(F)cn2c(=O)c(OC(=O)O)cc(C3CC3)c12. The third-order valence-electron chi connectivity index (χ3n) is 6.19. The van der Waals surface area contributed by atoms with Crippen LogP contribution in [0.15, 0.2) is 41.5 Å². The molecule has 4 heterocycles. The Bertz CT molecular complexity index is 1250. The van der Waals surface area contributed by atoms with Gasteiger partial charge in [-0.25, -0.2) is 14.2 Å². The molecule has 0 amide bonds. The number of pyridine rings is 3. The lowest BCUT2D eigenvalue weighted by Crippen LogP contribution is -2.47. The summed E-state index contributed by atoms with van der Waals surface area (Å²) in [7, 11) is 0. The van der Waals surface area contributed by atoms with E-state index in [-0.39, 0.29) is 11.7 Å². The maximum absolute atomic E-state index is 15.3. The Morgan fingerprint density at radius 3 is 2.53 bits per heavy atom. The van der Waals surface area contributed by atoms with Gasteiger partial charge in [-0.3, -0.25) is 9.20 Å². The Labute approximate surface area is 183 Å². The van der Waals surface area contributed by atoms with Gasteiger partial charge < -0.3 is 19.6 Å². The molecule has 0 atom stereocenters. The van der Waals surface area contributed by atoms with E-state index < -0.39 is 17.5 Å². The van der Waals surface area contributed by atoms with Crippen molar-refractivity contribution in [1.82, 2.24) is 9.38 Å². The van der Waals surface area contributed by atoms with Gasteiger partial charge >= 0.3 is 6.16 Å². The first-order chi connectivity index (χ1) is 15.4. The zero-order valence-corrected chi connectivity index (χ0v) is 17.6. The molecule has 1 N–H and O–H groups in total. The molecule has 2 aliphatic rings. The van der Waals surface area contributed by atoms with Crippen molar-refractivity contribution in [3.8, 4) is 5.75 Å². The van der Waals surface area contributed by atoms with Crippen molar-refractivity contribution in [3.05, 3.63) is 64.0 Å². The molecule has 0 bridgehead atoms. The van der Waals surface area contributed by atoms with Gasteiger partial charge in [0, 0.05) is 32.4 Å². The molecule has 1 aliphatic carbocycles. The summed E-state index contributed by atoms with van der Waals surface area (Å²) in [5.74, 6) is 0.293. The fraction of sp³-hybridized carbons (Fsp3) is 0.348. The number of aromatic nitrogens is 2. The van der Waals surface area contributed by atoms with Crippen LogP contribution in [-0.2, 0) is 0 Å². The Hall–Kier alpha value is -3.62. The average Bonchev–Trinajstić information content (AvgIpc) is 3.62. The largest absolute Gasteiger partial charge is 0.511 e. The maximum Gasteiger partial charge on any atom is 0.511 e. The summed E-state index contributed by atoms with van der Waals surface area (Å²) in [6.07, 6.45) is 3.23. The van der Waals surface area contributed by atoms with Gasteiger partial charge in [0.1, 0.15) is 5.82 Å². The molecule has 0 radical (unpaired) electrons. The van der Waals surface area contributed by atoms with Crippen LogP contribution in [0.25, 0.3) is 5.52 Å². The lowest BCUT2D eigenvalue weighted by Gasteiger charge is -2.37. The van der Waals surface area contributed by atoms with Crippen LogP contribution in [0.2, 0.25) is 0 Å². The van der Waals surface area contributed by atoms with E-state index in [1.54, 1.807) is 6.20 Å². The fourth-order valence-corrected chi connectivity index (χ4v) is 4.58. The van der Waals surface area contributed by atoms with Crippen LogP contribution >= 0.6 is 0 Å². The lowest BCUT2D eigenvalue weighted by atomic mass is 10.0. The molecule has 1 aliphatic heterocycles. The van der Waals surface area contributed by atoms with Crippen LogP contribution in [0.4, 0.5) is 20.7 Å². The van der Waals surface area contributed by atoms with E-state index in [1.165, 1.54) is 10.5 Å². The molecule has 3 aromatic rings. The number of ether oxygens (including phenoxy) is 1. The summed E-state index contributed by atoms with van der Waals surface area (Å²) >= 11 is 0. The summed E-state index contributed by atoms with van der Waals surface area (Å²) in [6.45, 7) is 4.47. The number of rotatable bonds is 4. The second kappa shape index (κ2) is 7.81. The highest BCUT2D eigenvalue weighted by Gasteiger charge is 2.31. The molecule has 3 aromatic heterocycles. The van der Waals surface area contributed by atoms with Crippen LogP contribution in [0, 0.1) is 12.7 Å². The number of hydrogen-bond donors (Lipinski definition) is 1. The van der Waals surface area contributed by atoms with E-state index in [9.17, 15) is 9.59 Å². The minimum Gasteiger partial charge on any atom is -0.449 e. The van der Waals surface area contributed by atoms with Crippen LogP contribution in [0.5, 0.6) is 5.75 Å². The maximum atomic E-state index is 15.3. The molecule has 0 spiro atoms. The van der Waals surface area contributed by atoms with Crippen molar-refractivity contribution in [2.45, 2.75) is 25.7 Å². The molecule has 32 heavy (non-hydrogen) atoms. The molecular weight excluding hydrogens is 415 g/mol. The van der Waals surface area contributed by atoms with Crippen LogP contribution in [-0.4, -0.2) is 46.8 Å². The quantitative estimate of drug-likeness (QED) is 0.625. The Morgan fingerprint density at radius 1 is 1.19 bits per heavy atom. The summed E-state index contributed by atoms with van der Waals surface area (Å²) in [4.78, 5) is 32.4. The third-order valence-corrected chi connectivity index (χ3v) is 6.19. The number of hydrogen-bond acceptors (Lipinski definition) is 6. The normalized spacial score (nSPS) is 16.4. The minimum absolute atomic E-state index is 0.208. The number of carbonyl (C=O) groups is 1. The number of fused-ring (bicyclic) bond motifs is 1. The highest BCUT2D eigenvalue weighted by molar-refractivity contribution is 5.74. The van der Waals surface area contributed by atoms with E-state index in [0.717, 1.165) is 30.4 Å². The molecule has 1 saturated carbocycles. The van der Waals surface area contributed by atoms with Crippen molar-refractivity contribution in [2.75, 3.05) is 36.0 Å². The van der Waals surface area contributed by atoms with E-state index in [2.05, 4.69) is 9.88 Å². The topological polar surface area (TPSA) is 87.4 Å². The van der Waals surface area contributed by atoms with Gasteiger partial charge in [-0.05, 0) is 55.0 Å². The van der Waals surface area contributed by atoms with Crippen molar-refractivity contribution < 1.29 is 19.0 Å². The zero-order chi connectivity index (χ0) is 22.4. The standard InChI is InChI=1S/C23H23FN4O4/c1-14-20-16(15-5-6-15)12-18(32-23(30)31)22(29)28(20)13-17(24)21(14)27-10-8-26(9-11-27)19-4-2-3-7-25-19/h2-4,7,12-13,15H,5-6,8-11H2,1H3,(H,30,31). The van der Waals surface area contributed by atoms with Gasteiger partial charge in [-0.15, -0.1) is 0 Å². The van der Waals surface area contributed by atoms with Gasteiger partial charge in [0.15, 0.2) is 11.6 Å². The van der Waals surface area contributed by atoms with Crippen molar-refractivity contribution in [3.63, 3.8) is 0 Å². The van der Waals surface area contributed by atoms with Crippen molar-refractivity contribution in [1.29, 1.82) is 0 Å². The van der Waals surface area contributed by atoms with Gasteiger partial charge in [0.25, 0.3) is 5.56 Å². The van der Waals surface area contributed by atoms with Crippen LogP contribution in [0.1, 0.15) is 29.9 Å². The number of nitrogens with zero attached hydrogens (tertiary/aromatic N) is 4. The van der Waals surface area contributed by atoms with E-state index in [1.807, 2.05) is 30.0 Å². The molecule has 8 nitrogen and oxygen atoms in total. The van der Waals surface area contributed by atoms with Crippen molar-refractivity contribution in [2.24, 2.45) is 0 Å². The molecule has 166 valence electrons. The number of halogens is 1. The second-order valence-electron chi connectivity index (χ2n) is 8.24. The minimum atomic E-state index is -1.57. The molecule has 1 saturated heterocycles. The Morgan fingerprint density at radius 2 is 1.91 bits per heavy atom. The van der Waals surface area contributed by atoms with Gasteiger partial charge in [0.05, 0.1) is 17.4 Å². The predicted molar refractivity (Wildman–Crippen MR) is 118 cm³/mol. The smallest absolute Gasteiger partial charge is 0.449 e. The summed E-state index contributed by atoms with van der Waals surface area (Å²) in [5, 5.41) is 8.98. The molecular formula is C23H23FN4O4. The first kappa shape index (κ1) is 20.3. The van der Waals surface area contributed by atoms with Crippen molar-refractivity contribution >= 4 is 23.2 Å². The van der Waals surface area contributed by atoms with E-state index in [0.29, 0.717) is 42.9 Å². The molecule has 5 rings (SSSR count). The fourth-order valence-electron chi connectivity index (χ4n) is 4.58. The van der Waals surface area contributed by atoms with Gasteiger partial charge in [0.2, 0.25) is 0 Å². The molecule has 2 fully saturated rings. The number of carboxylic acid groups (broad SMARTS) is 1. The monoisotopic (exact) mass is 438 g/mol. The molecule has 0 aromatic carbocycles. The lowest BCUT2D eigenvalue weighted by molar-refractivity contribution is 0.143.